The number of fused-ring (bicyclic) bond motifs is 1. The molecule has 3 heterocycles. The van der Waals surface area contributed by atoms with Gasteiger partial charge in [0.15, 0.2) is 5.82 Å². The third kappa shape index (κ3) is 3.71. The molecule has 2 aromatic carbocycles. The largest absolute Gasteiger partial charge is 0.355 e. The lowest BCUT2D eigenvalue weighted by molar-refractivity contribution is 0.0305. The maximum absolute atomic E-state index is 4.61. The molecule has 1 aromatic heterocycles. The summed E-state index contributed by atoms with van der Waals surface area (Å²) >= 11 is 0. The van der Waals surface area contributed by atoms with Crippen molar-refractivity contribution in [2.45, 2.75) is 51.0 Å². The van der Waals surface area contributed by atoms with Crippen LogP contribution in [0.2, 0.25) is 0 Å². The Balaban J connectivity index is 1.10. The molecule has 1 saturated carbocycles. The number of nitrogens with zero attached hydrogens (tertiary/aromatic N) is 4. The molecule has 0 bridgehead atoms. The predicted molar refractivity (Wildman–Crippen MR) is 127 cm³/mol. The van der Waals surface area contributed by atoms with E-state index in [-0.39, 0.29) is 0 Å². The number of hydrogen-bond donors (Lipinski definition) is 0. The maximum Gasteiger partial charge on any atom is 0.151 e. The molecule has 31 heavy (non-hydrogen) atoms. The molecule has 160 valence electrons. The van der Waals surface area contributed by atoms with Crippen LogP contribution in [0.1, 0.15) is 44.9 Å². The van der Waals surface area contributed by atoms with Crippen molar-refractivity contribution in [3.63, 3.8) is 0 Å². The third-order valence-electron chi connectivity index (χ3n) is 8.29. The number of piperidine rings is 2. The number of anilines is 1. The minimum absolute atomic E-state index is 0.579. The fourth-order valence-corrected chi connectivity index (χ4v) is 5.82. The quantitative estimate of drug-likeness (QED) is 0.566. The molecule has 0 radical (unpaired) electrons. The molecule has 1 spiro atoms. The standard InChI is InChI=1S/C27H32N4/c1-2-5-22-20-23(9-8-21(22)4-1)25-10-11-26(29-28-25)31-18-14-27(15-19-31)12-16-30(17-13-27)24-6-3-7-24/h1-2,4-5,8-11,20,24H,3,6-7,12-19H2. The van der Waals surface area contributed by atoms with Gasteiger partial charge in [0.1, 0.15) is 0 Å². The summed E-state index contributed by atoms with van der Waals surface area (Å²) in [6.07, 6.45) is 9.72. The van der Waals surface area contributed by atoms with Gasteiger partial charge in [-0.1, -0.05) is 42.8 Å². The maximum atomic E-state index is 4.61. The Labute approximate surface area is 185 Å². The van der Waals surface area contributed by atoms with E-state index in [9.17, 15) is 0 Å². The topological polar surface area (TPSA) is 32.3 Å². The molecular weight excluding hydrogens is 380 g/mol. The Bertz CT molecular complexity index is 1040. The van der Waals surface area contributed by atoms with Crippen molar-refractivity contribution in [3.8, 4) is 11.3 Å². The van der Waals surface area contributed by atoms with Crippen LogP contribution >= 0.6 is 0 Å². The van der Waals surface area contributed by atoms with Crippen LogP contribution in [0.5, 0.6) is 0 Å². The van der Waals surface area contributed by atoms with Gasteiger partial charge in [0.05, 0.1) is 5.69 Å². The monoisotopic (exact) mass is 412 g/mol. The van der Waals surface area contributed by atoms with Crippen molar-refractivity contribution >= 4 is 16.6 Å². The highest BCUT2D eigenvalue weighted by atomic mass is 15.3. The van der Waals surface area contributed by atoms with E-state index in [1.165, 1.54) is 68.8 Å². The van der Waals surface area contributed by atoms with E-state index in [4.69, 9.17) is 0 Å². The number of aromatic nitrogens is 2. The highest BCUT2D eigenvalue weighted by Crippen LogP contribution is 2.43. The van der Waals surface area contributed by atoms with Gasteiger partial charge in [-0.2, -0.15) is 0 Å². The summed E-state index contributed by atoms with van der Waals surface area (Å²) in [5.41, 5.74) is 2.66. The van der Waals surface area contributed by atoms with Crippen LogP contribution in [0.15, 0.2) is 54.6 Å². The van der Waals surface area contributed by atoms with Crippen LogP contribution in [0.25, 0.3) is 22.0 Å². The van der Waals surface area contributed by atoms with Gasteiger partial charge in [0.25, 0.3) is 0 Å². The number of benzene rings is 2. The Morgan fingerprint density at radius 1 is 0.742 bits per heavy atom. The van der Waals surface area contributed by atoms with Gasteiger partial charge in [0, 0.05) is 24.7 Å². The van der Waals surface area contributed by atoms with Gasteiger partial charge in [-0.15, -0.1) is 10.2 Å². The van der Waals surface area contributed by atoms with Crippen LogP contribution < -0.4 is 4.90 Å². The third-order valence-corrected chi connectivity index (χ3v) is 8.29. The van der Waals surface area contributed by atoms with Crippen molar-refractivity contribution in [3.05, 3.63) is 54.6 Å². The molecule has 3 fully saturated rings. The zero-order valence-corrected chi connectivity index (χ0v) is 18.3. The molecule has 0 atom stereocenters. The fourth-order valence-electron chi connectivity index (χ4n) is 5.82. The number of hydrogen-bond acceptors (Lipinski definition) is 4. The Kier molecular flexibility index (Phi) is 4.91. The molecule has 1 aliphatic carbocycles. The second-order valence-corrected chi connectivity index (χ2v) is 9.95. The first-order valence-corrected chi connectivity index (χ1v) is 12.1. The molecule has 0 unspecified atom stereocenters. The molecule has 2 saturated heterocycles. The number of likely N-dealkylation sites (tertiary alicyclic amines) is 1. The minimum atomic E-state index is 0.579. The average molecular weight is 413 g/mol. The van der Waals surface area contributed by atoms with Crippen molar-refractivity contribution in [2.24, 2.45) is 5.41 Å². The zero-order valence-electron chi connectivity index (χ0n) is 18.3. The zero-order chi connectivity index (χ0) is 20.7. The van der Waals surface area contributed by atoms with E-state index in [0.717, 1.165) is 36.2 Å². The van der Waals surface area contributed by atoms with Crippen LogP contribution in [-0.4, -0.2) is 47.3 Å². The van der Waals surface area contributed by atoms with Crippen LogP contribution in [0.4, 0.5) is 5.82 Å². The van der Waals surface area contributed by atoms with Gasteiger partial charge in [-0.3, -0.25) is 0 Å². The van der Waals surface area contributed by atoms with E-state index in [2.05, 4.69) is 74.6 Å². The van der Waals surface area contributed by atoms with Crippen LogP contribution in [0.3, 0.4) is 0 Å². The molecule has 0 amide bonds. The minimum Gasteiger partial charge on any atom is -0.355 e. The van der Waals surface area contributed by atoms with Gasteiger partial charge in [0.2, 0.25) is 0 Å². The highest BCUT2D eigenvalue weighted by Gasteiger charge is 2.39. The summed E-state index contributed by atoms with van der Waals surface area (Å²) in [6.45, 7) is 4.89. The van der Waals surface area contributed by atoms with E-state index >= 15 is 0 Å². The summed E-state index contributed by atoms with van der Waals surface area (Å²) in [6, 6.07) is 20.2. The Morgan fingerprint density at radius 3 is 2.16 bits per heavy atom. The molecule has 3 aliphatic rings. The Morgan fingerprint density at radius 2 is 1.48 bits per heavy atom. The van der Waals surface area contributed by atoms with Crippen LogP contribution in [-0.2, 0) is 0 Å². The van der Waals surface area contributed by atoms with Crippen molar-refractivity contribution in [1.29, 1.82) is 0 Å². The molecule has 4 nitrogen and oxygen atoms in total. The molecule has 6 rings (SSSR count). The number of rotatable bonds is 3. The predicted octanol–water partition coefficient (Wildman–Crippen LogP) is 5.53. The van der Waals surface area contributed by atoms with Crippen LogP contribution in [0, 0.1) is 5.41 Å². The van der Waals surface area contributed by atoms with E-state index in [1.807, 2.05) is 0 Å². The smallest absolute Gasteiger partial charge is 0.151 e. The van der Waals surface area contributed by atoms with Gasteiger partial charge >= 0.3 is 0 Å². The molecular formula is C27H32N4. The molecule has 4 heteroatoms. The first kappa shape index (κ1) is 19.2. The molecule has 0 N–H and O–H groups in total. The van der Waals surface area contributed by atoms with E-state index < -0.39 is 0 Å². The lowest BCUT2D eigenvalue weighted by atomic mass is 9.70. The normalized spacial score (nSPS) is 22.0. The fraction of sp³-hybridized carbons (Fsp3) is 0.481. The van der Waals surface area contributed by atoms with E-state index in [1.54, 1.807) is 0 Å². The van der Waals surface area contributed by atoms with Crippen molar-refractivity contribution < 1.29 is 0 Å². The Hall–Kier alpha value is -2.46. The van der Waals surface area contributed by atoms with E-state index in [0.29, 0.717) is 5.41 Å². The summed E-state index contributed by atoms with van der Waals surface area (Å²) < 4.78 is 0. The summed E-state index contributed by atoms with van der Waals surface area (Å²) in [5.74, 6) is 1.03. The molecule has 2 aliphatic heterocycles. The average Bonchev–Trinajstić information content (AvgIpc) is 2.80. The summed E-state index contributed by atoms with van der Waals surface area (Å²) in [5, 5.41) is 11.7. The molecule has 3 aromatic rings. The second-order valence-electron chi connectivity index (χ2n) is 9.95. The summed E-state index contributed by atoms with van der Waals surface area (Å²) in [7, 11) is 0. The second kappa shape index (κ2) is 7.90. The van der Waals surface area contributed by atoms with Gasteiger partial charge in [-0.25, -0.2) is 0 Å². The van der Waals surface area contributed by atoms with Gasteiger partial charge in [-0.05, 0) is 86.0 Å². The van der Waals surface area contributed by atoms with Gasteiger partial charge < -0.3 is 9.80 Å². The first-order valence-electron chi connectivity index (χ1n) is 12.1. The lowest BCUT2D eigenvalue weighted by Crippen LogP contribution is -2.51. The van der Waals surface area contributed by atoms with Crippen molar-refractivity contribution in [1.82, 2.24) is 15.1 Å². The SMILES string of the molecule is c1ccc2cc(-c3ccc(N4CCC5(CC4)CCN(C4CCC4)CC5)nn3)ccc2c1. The summed E-state index contributed by atoms with van der Waals surface area (Å²) in [4.78, 5) is 5.22. The highest BCUT2D eigenvalue weighted by molar-refractivity contribution is 5.86. The first-order chi connectivity index (χ1) is 15.3. The van der Waals surface area contributed by atoms with Crippen molar-refractivity contribution in [2.75, 3.05) is 31.1 Å². The lowest BCUT2D eigenvalue weighted by Gasteiger charge is -2.50.